The number of ether oxygens (including phenoxy) is 1. The number of nitrogens with zero attached hydrogens (tertiary/aromatic N) is 1. The molecule has 0 bridgehead atoms. The monoisotopic (exact) mass is 189 g/mol. The number of aliphatic hydroxyl groups excluding tert-OH is 1. The van der Waals surface area contributed by atoms with Gasteiger partial charge in [-0.05, 0) is 12.8 Å². The first-order valence-electron chi connectivity index (χ1n) is 4.05. The van der Waals surface area contributed by atoms with Crippen LogP contribution < -0.4 is 0 Å². The van der Waals surface area contributed by atoms with Crippen molar-refractivity contribution in [2.75, 3.05) is 13.7 Å². The summed E-state index contributed by atoms with van der Waals surface area (Å²) in [7, 11) is 1.40. The van der Waals surface area contributed by atoms with Crippen molar-refractivity contribution in [1.82, 2.24) is 0 Å². The average molecular weight is 189 g/mol. The van der Waals surface area contributed by atoms with Gasteiger partial charge in [0.2, 0.25) is 0 Å². The lowest BCUT2D eigenvalue weighted by molar-refractivity contribution is -0.538. The van der Waals surface area contributed by atoms with Crippen molar-refractivity contribution in [3.05, 3.63) is 22.8 Å². The van der Waals surface area contributed by atoms with Crippen molar-refractivity contribution < 1.29 is 14.8 Å². The summed E-state index contributed by atoms with van der Waals surface area (Å²) in [6, 6.07) is -1.04. The first-order valence-corrected chi connectivity index (χ1v) is 4.05. The molecule has 0 aromatic carbocycles. The second kappa shape index (κ2) is 6.56. The Balaban J connectivity index is 4.15. The van der Waals surface area contributed by atoms with Crippen molar-refractivity contribution in [3.8, 4) is 0 Å². The van der Waals surface area contributed by atoms with E-state index in [0.717, 1.165) is 0 Å². The molecule has 2 atom stereocenters. The van der Waals surface area contributed by atoms with E-state index >= 15 is 0 Å². The van der Waals surface area contributed by atoms with Crippen molar-refractivity contribution in [3.63, 3.8) is 0 Å². The molecule has 0 aromatic heterocycles. The molecule has 0 fully saturated rings. The first-order chi connectivity index (χ1) is 6.17. The van der Waals surface area contributed by atoms with Gasteiger partial charge in [0, 0.05) is 12.0 Å². The molecule has 1 N–H and O–H groups in total. The number of hydrogen-bond donors (Lipinski definition) is 1. The van der Waals surface area contributed by atoms with Crippen LogP contribution in [0, 0.1) is 10.1 Å². The van der Waals surface area contributed by atoms with Gasteiger partial charge in [0.15, 0.2) is 0 Å². The van der Waals surface area contributed by atoms with Crippen LogP contribution >= 0.6 is 0 Å². The van der Waals surface area contributed by atoms with Crippen LogP contribution in [-0.2, 0) is 4.74 Å². The molecule has 0 saturated heterocycles. The van der Waals surface area contributed by atoms with Crippen molar-refractivity contribution in [1.29, 1.82) is 0 Å². The first kappa shape index (κ1) is 12.1. The lowest BCUT2D eigenvalue weighted by atomic mass is 10.1. The van der Waals surface area contributed by atoms with Crippen LogP contribution in [-0.4, -0.2) is 35.9 Å². The number of hydrogen-bond acceptors (Lipinski definition) is 4. The van der Waals surface area contributed by atoms with E-state index < -0.39 is 23.7 Å². The highest BCUT2D eigenvalue weighted by Crippen LogP contribution is 2.09. The summed E-state index contributed by atoms with van der Waals surface area (Å²) in [5.41, 5.74) is 0. The van der Waals surface area contributed by atoms with Gasteiger partial charge in [-0.25, -0.2) is 0 Å². The summed E-state index contributed by atoms with van der Waals surface area (Å²) in [5.74, 6) is 0. The number of methoxy groups -OCH3 is 1. The molecule has 0 aliphatic rings. The lowest BCUT2D eigenvalue weighted by Gasteiger charge is -2.16. The van der Waals surface area contributed by atoms with Crippen LogP contribution in [0.5, 0.6) is 0 Å². The Morgan fingerprint density at radius 1 is 1.77 bits per heavy atom. The van der Waals surface area contributed by atoms with Gasteiger partial charge >= 0.3 is 0 Å². The molecule has 0 aromatic rings. The maximum absolute atomic E-state index is 10.4. The van der Waals surface area contributed by atoms with E-state index in [9.17, 15) is 10.1 Å². The van der Waals surface area contributed by atoms with Crippen LogP contribution in [0.4, 0.5) is 0 Å². The fourth-order valence-corrected chi connectivity index (χ4v) is 1.07. The Bertz CT molecular complexity index is 172. The van der Waals surface area contributed by atoms with E-state index in [1.165, 1.54) is 7.11 Å². The minimum Gasteiger partial charge on any atom is -0.389 e. The Morgan fingerprint density at radius 2 is 2.38 bits per heavy atom. The molecular formula is C8H15NO4. The molecule has 76 valence electrons. The van der Waals surface area contributed by atoms with Crippen LogP contribution in [0.15, 0.2) is 12.7 Å². The molecule has 0 radical (unpaired) electrons. The summed E-state index contributed by atoms with van der Waals surface area (Å²) in [5, 5.41) is 19.2. The number of aliphatic hydroxyl groups is 1. The van der Waals surface area contributed by atoms with E-state index in [1.54, 1.807) is 6.08 Å². The molecule has 0 amide bonds. The van der Waals surface area contributed by atoms with Gasteiger partial charge in [-0.3, -0.25) is 10.1 Å². The van der Waals surface area contributed by atoms with Gasteiger partial charge in [0.25, 0.3) is 6.04 Å². The molecule has 0 unspecified atom stereocenters. The molecule has 0 heterocycles. The average Bonchev–Trinajstić information content (AvgIpc) is 2.11. The zero-order valence-electron chi connectivity index (χ0n) is 7.68. The molecule has 0 aliphatic carbocycles. The minimum absolute atomic E-state index is 0.497. The summed E-state index contributed by atoms with van der Waals surface area (Å²) in [4.78, 5) is 9.92. The van der Waals surface area contributed by atoms with Gasteiger partial charge in [-0.15, -0.1) is 6.58 Å². The molecule has 0 saturated carbocycles. The summed E-state index contributed by atoms with van der Waals surface area (Å²) in [6.45, 7) is 3.01. The third-order valence-corrected chi connectivity index (χ3v) is 1.85. The lowest BCUT2D eigenvalue weighted by Crippen LogP contribution is -2.38. The van der Waals surface area contributed by atoms with E-state index in [2.05, 4.69) is 6.58 Å². The third kappa shape index (κ3) is 4.00. The third-order valence-electron chi connectivity index (χ3n) is 1.85. The SMILES string of the molecule is C=CCC[C@@H](OC)[C@H](CO)[N+](=O)[O-]. The van der Waals surface area contributed by atoms with Crippen LogP contribution in [0.1, 0.15) is 12.8 Å². The summed E-state index contributed by atoms with van der Waals surface area (Å²) >= 11 is 0. The molecule has 5 heteroatoms. The Labute approximate surface area is 77.2 Å². The van der Waals surface area contributed by atoms with Crippen molar-refractivity contribution in [2.45, 2.75) is 25.0 Å². The molecule has 13 heavy (non-hydrogen) atoms. The highest BCUT2D eigenvalue weighted by atomic mass is 16.6. The topological polar surface area (TPSA) is 72.6 Å². The highest BCUT2D eigenvalue weighted by Gasteiger charge is 2.29. The van der Waals surface area contributed by atoms with Gasteiger partial charge in [-0.1, -0.05) is 6.08 Å². The number of nitro groups is 1. The fourth-order valence-electron chi connectivity index (χ4n) is 1.07. The van der Waals surface area contributed by atoms with Gasteiger partial charge in [0.05, 0.1) is 0 Å². The van der Waals surface area contributed by atoms with E-state index in [1.807, 2.05) is 0 Å². The van der Waals surface area contributed by atoms with Crippen LogP contribution in [0.25, 0.3) is 0 Å². The van der Waals surface area contributed by atoms with E-state index in [0.29, 0.717) is 12.8 Å². The number of allylic oxidation sites excluding steroid dienone is 1. The zero-order chi connectivity index (χ0) is 10.3. The Kier molecular flexibility index (Phi) is 6.09. The van der Waals surface area contributed by atoms with Crippen LogP contribution in [0.2, 0.25) is 0 Å². The molecule has 0 rings (SSSR count). The fraction of sp³-hybridized carbons (Fsp3) is 0.750. The van der Waals surface area contributed by atoms with Crippen molar-refractivity contribution >= 4 is 0 Å². The standard InChI is InChI=1S/C8H15NO4/c1-3-4-5-8(13-2)7(6-10)9(11)12/h3,7-8,10H,1,4-6H2,2H3/t7-,8+/m0/s1. The van der Waals surface area contributed by atoms with E-state index in [-0.39, 0.29) is 0 Å². The predicted octanol–water partition coefficient (Wildman–Crippen LogP) is 0.605. The minimum atomic E-state index is -1.04. The van der Waals surface area contributed by atoms with Gasteiger partial charge in [-0.2, -0.15) is 0 Å². The highest BCUT2D eigenvalue weighted by molar-refractivity contribution is 4.74. The summed E-state index contributed by atoms with van der Waals surface area (Å²) in [6.07, 6.45) is 2.27. The smallest absolute Gasteiger partial charge is 0.261 e. The van der Waals surface area contributed by atoms with E-state index in [4.69, 9.17) is 9.84 Å². The molecule has 0 spiro atoms. The maximum atomic E-state index is 10.4. The second-order valence-electron chi connectivity index (χ2n) is 2.68. The normalized spacial score (nSPS) is 14.9. The van der Waals surface area contributed by atoms with Gasteiger partial charge < -0.3 is 9.84 Å². The maximum Gasteiger partial charge on any atom is 0.261 e. The van der Waals surface area contributed by atoms with Gasteiger partial charge in [0.1, 0.15) is 12.7 Å². The quantitative estimate of drug-likeness (QED) is 0.361. The Morgan fingerprint density at radius 3 is 2.69 bits per heavy atom. The predicted molar refractivity (Wildman–Crippen MR) is 48.1 cm³/mol. The van der Waals surface area contributed by atoms with Crippen LogP contribution in [0.3, 0.4) is 0 Å². The number of rotatable bonds is 7. The molecular weight excluding hydrogens is 174 g/mol. The zero-order valence-corrected chi connectivity index (χ0v) is 7.68. The van der Waals surface area contributed by atoms with Crippen molar-refractivity contribution in [2.24, 2.45) is 0 Å². The largest absolute Gasteiger partial charge is 0.389 e. The second-order valence-corrected chi connectivity index (χ2v) is 2.68. The molecule has 0 aliphatic heterocycles. The Hall–Kier alpha value is -0.940. The summed E-state index contributed by atoms with van der Waals surface area (Å²) < 4.78 is 4.92. The molecule has 5 nitrogen and oxygen atoms in total.